The maximum absolute atomic E-state index is 12.2. The normalized spacial score (nSPS) is 16.9. The fourth-order valence-electron chi connectivity index (χ4n) is 2.37. The van der Waals surface area contributed by atoms with Gasteiger partial charge in [0.15, 0.2) is 0 Å². The second-order valence-electron chi connectivity index (χ2n) is 4.86. The minimum absolute atomic E-state index is 0.0354. The Morgan fingerprint density at radius 1 is 1.35 bits per heavy atom. The summed E-state index contributed by atoms with van der Waals surface area (Å²) in [5.74, 6) is 0.0253. The van der Waals surface area contributed by atoms with Crippen LogP contribution in [0.4, 0.5) is 5.69 Å². The molecule has 1 atom stereocenters. The van der Waals surface area contributed by atoms with E-state index < -0.39 is 0 Å². The largest absolute Gasteiger partial charge is 0.384 e. The number of anilines is 1. The number of nitrogens with one attached hydrogen (secondary N) is 2. The highest BCUT2D eigenvalue weighted by molar-refractivity contribution is 5.80. The zero-order valence-corrected chi connectivity index (χ0v) is 11.0. The molecule has 1 unspecified atom stereocenters. The van der Waals surface area contributed by atoms with Crippen molar-refractivity contribution in [3.05, 3.63) is 54.1 Å². The summed E-state index contributed by atoms with van der Waals surface area (Å²) in [5, 5.41) is 6.24. The van der Waals surface area contributed by atoms with E-state index in [2.05, 4.69) is 26.7 Å². The van der Waals surface area contributed by atoms with Crippen molar-refractivity contribution < 1.29 is 4.79 Å². The highest BCUT2D eigenvalue weighted by Crippen LogP contribution is 2.24. The van der Waals surface area contributed by atoms with Crippen LogP contribution in [0.25, 0.3) is 0 Å². The van der Waals surface area contributed by atoms with Crippen LogP contribution in [0, 0.1) is 5.92 Å². The summed E-state index contributed by atoms with van der Waals surface area (Å²) >= 11 is 0. The molecule has 1 aliphatic rings. The minimum atomic E-state index is -0.0354. The molecule has 2 aromatic rings. The molecule has 1 aliphatic heterocycles. The lowest BCUT2D eigenvalue weighted by molar-refractivity contribution is -0.124. The standard InChI is InChI=1S/C15H16N4O/c20-15(18-9-13-5-6-16-10-19-13)12-7-11-3-1-2-4-14(11)17-8-12/h1-6,10,12,17H,7-9H2,(H,18,20). The molecule has 0 radical (unpaired) electrons. The lowest BCUT2D eigenvalue weighted by atomic mass is 9.93. The first-order valence-corrected chi connectivity index (χ1v) is 6.67. The molecule has 1 amide bonds. The second kappa shape index (κ2) is 5.69. The van der Waals surface area contributed by atoms with E-state index in [0.29, 0.717) is 13.1 Å². The van der Waals surface area contributed by atoms with Crippen LogP contribution < -0.4 is 10.6 Å². The van der Waals surface area contributed by atoms with Crippen LogP contribution >= 0.6 is 0 Å². The third kappa shape index (κ3) is 2.77. The van der Waals surface area contributed by atoms with Gasteiger partial charge in [0, 0.05) is 18.4 Å². The van der Waals surface area contributed by atoms with E-state index in [4.69, 9.17) is 0 Å². The van der Waals surface area contributed by atoms with E-state index >= 15 is 0 Å². The molecule has 20 heavy (non-hydrogen) atoms. The van der Waals surface area contributed by atoms with Gasteiger partial charge in [-0.05, 0) is 24.1 Å². The van der Waals surface area contributed by atoms with E-state index in [1.165, 1.54) is 11.9 Å². The Balaban J connectivity index is 1.59. The van der Waals surface area contributed by atoms with E-state index in [-0.39, 0.29) is 11.8 Å². The number of amides is 1. The number of hydrogen-bond donors (Lipinski definition) is 2. The SMILES string of the molecule is O=C(NCc1ccncn1)C1CNc2ccccc2C1. The Labute approximate surface area is 117 Å². The third-order valence-corrected chi connectivity index (χ3v) is 3.48. The van der Waals surface area contributed by atoms with Crippen molar-refractivity contribution in [2.24, 2.45) is 5.92 Å². The number of nitrogens with zero attached hydrogens (tertiary/aromatic N) is 2. The van der Waals surface area contributed by atoms with Gasteiger partial charge in [-0.2, -0.15) is 0 Å². The van der Waals surface area contributed by atoms with Crippen molar-refractivity contribution in [2.75, 3.05) is 11.9 Å². The Hall–Kier alpha value is -2.43. The summed E-state index contributed by atoms with van der Waals surface area (Å²) in [6.45, 7) is 1.12. The molecule has 2 N–H and O–H groups in total. The molecule has 0 aliphatic carbocycles. The van der Waals surface area contributed by atoms with E-state index in [1.807, 2.05) is 18.2 Å². The van der Waals surface area contributed by atoms with E-state index in [9.17, 15) is 4.79 Å². The van der Waals surface area contributed by atoms with Gasteiger partial charge >= 0.3 is 0 Å². The van der Waals surface area contributed by atoms with Gasteiger partial charge in [0.2, 0.25) is 5.91 Å². The number of aromatic nitrogens is 2. The average Bonchev–Trinajstić information content (AvgIpc) is 2.53. The molecule has 0 saturated heterocycles. The summed E-state index contributed by atoms with van der Waals surface area (Å²) in [6, 6.07) is 9.91. The predicted octanol–water partition coefficient (Wildman–Crippen LogP) is 1.38. The Morgan fingerprint density at radius 2 is 2.25 bits per heavy atom. The maximum atomic E-state index is 12.2. The first-order valence-electron chi connectivity index (χ1n) is 6.67. The average molecular weight is 268 g/mol. The summed E-state index contributed by atoms with van der Waals surface area (Å²) < 4.78 is 0. The summed E-state index contributed by atoms with van der Waals surface area (Å²) in [4.78, 5) is 20.1. The number of hydrogen-bond acceptors (Lipinski definition) is 4. The molecule has 0 bridgehead atoms. The van der Waals surface area contributed by atoms with Gasteiger partial charge in [0.05, 0.1) is 18.2 Å². The molecule has 0 spiro atoms. The highest BCUT2D eigenvalue weighted by Gasteiger charge is 2.23. The monoisotopic (exact) mass is 268 g/mol. The van der Waals surface area contributed by atoms with Gasteiger partial charge in [-0.1, -0.05) is 18.2 Å². The number of fused-ring (bicyclic) bond motifs is 1. The number of carbonyl (C=O) groups excluding carboxylic acids is 1. The van der Waals surface area contributed by atoms with Crippen molar-refractivity contribution in [3.8, 4) is 0 Å². The van der Waals surface area contributed by atoms with Crippen molar-refractivity contribution >= 4 is 11.6 Å². The van der Waals surface area contributed by atoms with Crippen molar-refractivity contribution in [1.82, 2.24) is 15.3 Å². The zero-order valence-electron chi connectivity index (χ0n) is 11.0. The molecule has 5 nitrogen and oxygen atoms in total. The van der Waals surface area contributed by atoms with Crippen LogP contribution in [0.3, 0.4) is 0 Å². The van der Waals surface area contributed by atoms with Crippen molar-refractivity contribution in [2.45, 2.75) is 13.0 Å². The molecule has 1 aromatic heterocycles. The van der Waals surface area contributed by atoms with Crippen molar-refractivity contribution in [1.29, 1.82) is 0 Å². The Bertz CT molecular complexity index is 600. The number of benzene rings is 1. The smallest absolute Gasteiger partial charge is 0.225 e. The van der Waals surface area contributed by atoms with Gasteiger partial charge in [-0.15, -0.1) is 0 Å². The molecule has 2 heterocycles. The van der Waals surface area contributed by atoms with Crippen LogP contribution in [0.1, 0.15) is 11.3 Å². The van der Waals surface area contributed by atoms with Gasteiger partial charge in [-0.25, -0.2) is 9.97 Å². The third-order valence-electron chi connectivity index (χ3n) is 3.48. The first-order chi connectivity index (χ1) is 9.83. The van der Waals surface area contributed by atoms with Gasteiger partial charge in [0.1, 0.15) is 6.33 Å². The molecule has 0 saturated carbocycles. The maximum Gasteiger partial charge on any atom is 0.225 e. The fraction of sp³-hybridized carbons (Fsp3) is 0.267. The Morgan fingerprint density at radius 3 is 3.10 bits per heavy atom. The van der Waals surface area contributed by atoms with Gasteiger partial charge in [-0.3, -0.25) is 4.79 Å². The number of rotatable bonds is 3. The zero-order chi connectivity index (χ0) is 13.8. The molecule has 102 valence electrons. The van der Waals surface area contributed by atoms with Crippen LogP contribution in [0.15, 0.2) is 42.9 Å². The van der Waals surface area contributed by atoms with Crippen molar-refractivity contribution in [3.63, 3.8) is 0 Å². The minimum Gasteiger partial charge on any atom is -0.384 e. The summed E-state index contributed by atoms with van der Waals surface area (Å²) in [5.41, 5.74) is 3.14. The summed E-state index contributed by atoms with van der Waals surface area (Å²) in [7, 11) is 0. The molecular formula is C15H16N4O. The molecule has 0 fully saturated rings. The highest BCUT2D eigenvalue weighted by atomic mass is 16.1. The Kier molecular flexibility index (Phi) is 3.58. The molecule has 1 aromatic carbocycles. The van der Waals surface area contributed by atoms with Crippen LogP contribution in [0.5, 0.6) is 0 Å². The van der Waals surface area contributed by atoms with Gasteiger partial charge in [0.25, 0.3) is 0 Å². The van der Waals surface area contributed by atoms with Crippen LogP contribution in [0.2, 0.25) is 0 Å². The second-order valence-corrected chi connectivity index (χ2v) is 4.86. The van der Waals surface area contributed by atoms with E-state index in [1.54, 1.807) is 12.3 Å². The first kappa shape index (κ1) is 12.6. The quantitative estimate of drug-likeness (QED) is 0.882. The number of para-hydroxylation sites is 1. The van der Waals surface area contributed by atoms with Crippen LogP contribution in [-0.4, -0.2) is 22.4 Å². The fourth-order valence-corrected chi connectivity index (χ4v) is 2.37. The molecule has 5 heteroatoms. The van der Waals surface area contributed by atoms with Gasteiger partial charge < -0.3 is 10.6 Å². The van der Waals surface area contributed by atoms with E-state index in [0.717, 1.165) is 17.8 Å². The van der Waals surface area contributed by atoms with Crippen LogP contribution in [-0.2, 0) is 17.8 Å². The molecule has 3 rings (SSSR count). The number of carbonyl (C=O) groups is 1. The predicted molar refractivity (Wildman–Crippen MR) is 76.0 cm³/mol. The summed E-state index contributed by atoms with van der Waals surface area (Å²) in [6.07, 6.45) is 3.94. The molecular weight excluding hydrogens is 252 g/mol. The topological polar surface area (TPSA) is 66.9 Å². The lowest BCUT2D eigenvalue weighted by Gasteiger charge is -2.25. The lowest BCUT2D eigenvalue weighted by Crippen LogP contribution is -2.37.